The van der Waals surface area contributed by atoms with E-state index in [-0.39, 0.29) is 0 Å². The van der Waals surface area contributed by atoms with Crippen LogP contribution in [-0.4, -0.2) is 7.11 Å². The van der Waals surface area contributed by atoms with Crippen molar-refractivity contribution >= 4 is 5.69 Å². The minimum absolute atomic E-state index is 0.816. The first-order chi connectivity index (χ1) is 9.35. The smallest absolute Gasteiger partial charge is 0.120 e. The van der Waals surface area contributed by atoms with Gasteiger partial charge < -0.3 is 10.1 Å². The lowest BCUT2D eigenvalue weighted by molar-refractivity contribution is 0.415. The summed E-state index contributed by atoms with van der Waals surface area (Å²) in [6, 6.07) is 16.9. The third kappa shape index (κ3) is 3.08. The van der Waals surface area contributed by atoms with Crippen LogP contribution in [0.5, 0.6) is 5.75 Å². The molecule has 0 bridgehead atoms. The van der Waals surface area contributed by atoms with Crippen molar-refractivity contribution in [3.63, 3.8) is 0 Å². The first kappa shape index (κ1) is 12.1. The van der Waals surface area contributed by atoms with Crippen LogP contribution in [0.1, 0.15) is 29.9 Å². The number of benzene rings is 2. The van der Waals surface area contributed by atoms with Crippen molar-refractivity contribution in [1.29, 1.82) is 0 Å². The van der Waals surface area contributed by atoms with E-state index >= 15 is 0 Å². The van der Waals surface area contributed by atoms with Gasteiger partial charge in [0.25, 0.3) is 0 Å². The van der Waals surface area contributed by atoms with Gasteiger partial charge in [0.05, 0.1) is 7.11 Å². The van der Waals surface area contributed by atoms with Gasteiger partial charge in [-0.1, -0.05) is 30.3 Å². The number of nitrogens with one attached hydrogen (secondary N) is 1. The summed E-state index contributed by atoms with van der Waals surface area (Å²) >= 11 is 0. The molecule has 0 spiro atoms. The number of methoxy groups -OCH3 is 1. The summed E-state index contributed by atoms with van der Waals surface area (Å²) in [4.78, 5) is 0. The molecule has 3 rings (SSSR count). The van der Waals surface area contributed by atoms with Crippen LogP contribution in [0.4, 0.5) is 5.69 Å². The monoisotopic (exact) mass is 253 g/mol. The summed E-state index contributed by atoms with van der Waals surface area (Å²) < 4.78 is 5.23. The number of anilines is 1. The Kier molecular flexibility index (Phi) is 3.41. The van der Waals surface area contributed by atoms with Crippen molar-refractivity contribution in [1.82, 2.24) is 0 Å². The third-order valence-electron chi connectivity index (χ3n) is 3.57. The molecule has 0 unspecified atom stereocenters. The zero-order chi connectivity index (χ0) is 13.1. The largest absolute Gasteiger partial charge is 0.497 e. The predicted molar refractivity (Wildman–Crippen MR) is 78.7 cm³/mol. The van der Waals surface area contributed by atoms with Crippen LogP contribution in [0.25, 0.3) is 0 Å². The average molecular weight is 253 g/mol. The van der Waals surface area contributed by atoms with Crippen molar-refractivity contribution in [3.8, 4) is 5.75 Å². The quantitative estimate of drug-likeness (QED) is 0.863. The van der Waals surface area contributed by atoms with Gasteiger partial charge in [0, 0.05) is 18.3 Å². The van der Waals surface area contributed by atoms with Crippen molar-refractivity contribution in [2.75, 3.05) is 12.4 Å². The Balaban J connectivity index is 1.66. The molecule has 1 aliphatic rings. The minimum Gasteiger partial charge on any atom is -0.497 e. The first-order valence-electron chi connectivity index (χ1n) is 6.82. The molecule has 0 amide bonds. The summed E-state index contributed by atoms with van der Waals surface area (Å²) in [5, 5.41) is 3.44. The topological polar surface area (TPSA) is 21.3 Å². The summed E-state index contributed by atoms with van der Waals surface area (Å²) in [6.45, 7) is 0.855. The van der Waals surface area contributed by atoms with Gasteiger partial charge in [0.1, 0.15) is 5.75 Å². The molecule has 1 fully saturated rings. The Morgan fingerprint density at radius 1 is 1.11 bits per heavy atom. The second-order valence-electron chi connectivity index (χ2n) is 5.10. The van der Waals surface area contributed by atoms with E-state index in [9.17, 15) is 0 Å². The maximum absolute atomic E-state index is 5.23. The first-order valence-corrected chi connectivity index (χ1v) is 6.82. The highest BCUT2D eigenvalue weighted by molar-refractivity contribution is 5.48. The van der Waals surface area contributed by atoms with Crippen LogP contribution in [0.15, 0.2) is 48.5 Å². The molecule has 0 aliphatic heterocycles. The van der Waals surface area contributed by atoms with Crippen LogP contribution in [-0.2, 0) is 6.54 Å². The van der Waals surface area contributed by atoms with E-state index in [4.69, 9.17) is 4.74 Å². The van der Waals surface area contributed by atoms with E-state index in [0.29, 0.717) is 0 Å². The third-order valence-corrected chi connectivity index (χ3v) is 3.57. The van der Waals surface area contributed by atoms with Crippen LogP contribution >= 0.6 is 0 Å². The van der Waals surface area contributed by atoms with Crippen LogP contribution in [0, 0.1) is 0 Å². The van der Waals surface area contributed by atoms with E-state index < -0.39 is 0 Å². The second-order valence-corrected chi connectivity index (χ2v) is 5.10. The van der Waals surface area contributed by atoms with Crippen molar-refractivity contribution in [2.24, 2.45) is 0 Å². The van der Waals surface area contributed by atoms with E-state index in [0.717, 1.165) is 23.9 Å². The molecular formula is C17H19NO. The predicted octanol–water partition coefficient (Wildman–Crippen LogP) is 4.18. The van der Waals surface area contributed by atoms with Gasteiger partial charge >= 0.3 is 0 Å². The molecule has 98 valence electrons. The Morgan fingerprint density at radius 2 is 1.95 bits per heavy atom. The minimum atomic E-state index is 0.816. The molecule has 2 aromatic rings. The van der Waals surface area contributed by atoms with Gasteiger partial charge in [-0.2, -0.15) is 0 Å². The summed E-state index contributed by atoms with van der Waals surface area (Å²) in [5.74, 6) is 1.70. The van der Waals surface area contributed by atoms with Gasteiger partial charge in [-0.05, 0) is 42.0 Å². The molecule has 19 heavy (non-hydrogen) atoms. The van der Waals surface area contributed by atoms with Gasteiger partial charge in [-0.25, -0.2) is 0 Å². The lowest BCUT2D eigenvalue weighted by Crippen LogP contribution is -2.00. The highest BCUT2D eigenvalue weighted by Gasteiger charge is 2.23. The summed E-state index contributed by atoms with van der Waals surface area (Å²) in [6.07, 6.45) is 2.71. The molecule has 0 aromatic heterocycles. The van der Waals surface area contributed by atoms with E-state index in [1.807, 2.05) is 18.2 Å². The van der Waals surface area contributed by atoms with Crippen LogP contribution in [0.2, 0.25) is 0 Å². The van der Waals surface area contributed by atoms with Crippen molar-refractivity contribution < 1.29 is 4.74 Å². The standard InChI is InChI=1S/C17H19NO/c1-19-17-7-3-6-16(11-17)18-12-13-4-2-5-15(10-13)14-8-9-14/h2-7,10-11,14,18H,8-9,12H2,1H3. The molecule has 2 nitrogen and oxygen atoms in total. The maximum atomic E-state index is 5.23. The Morgan fingerprint density at radius 3 is 2.74 bits per heavy atom. The van der Waals surface area contributed by atoms with Crippen LogP contribution in [0.3, 0.4) is 0 Å². The number of hydrogen-bond donors (Lipinski definition) is 1. The average Bonchev–Trinajstić information content (AvgIpc) is 3.30. The van der Waals surface area contributed by atoms with Crippen molar-refractivity contribution in [3.05, 3.63) is 59.7 Å². The summed E-state index contributed by atoms with van der Waals surface area (Å²) in [7, 11) is 1.69. The molecule has 0 heterocycles. The number of ether oxygens (including phenoxy) is 1. The fourth-order valence-corrected chi connectivity index (χ4v) is 2.31. The molecule has 1 saturated carbocycles. The van der Waals surface area contributed by atoms with Gasteiger partial charge in [-0.3, -0.25) is 0 Å². The zero-order valence-corrected chi connectivity index (χ0v) is 11.2. The molecule has 0 saturated heterocycles. The Labute approximate surface area is 114 Å². The molecule has 2 heteroatoms. The molecule has 2 aromatic carbocycles. The highest BCUT2D eigenvalue weighted by atomic mass is 16.5. The molecule has 1 aliphatic carbocycles. The SMILES string of the molecule is COc1cccc(NCc2cccc(C3CC3)c2)c1. The molecular weight excluding hydrogens is 234 g/mol. The van der Waals surface area contributed by atoms with Gasteiger partial charge in [0.2, 0.25) is 0 Å². The fourth-order valence-electron chi connectivity index (χ4n) is 2.31. The van der Waals surface area contributed by atoms with Gasteiger partial charge in [0.15, 0.2) is 0 Å². The normalized spacial score (nSPS) is 14.2. The lowest BCUT2D eigenvalue weighted by Gasteiger charge is -2.09. The summed E-state index contributed by atoms with van der Waals surface area (Å²) in [5.41, 5.74) is 3.92. The second kappa shape index (κ2) is 5.35. The Hall–Kier alpha value is -1.96. The van der Waals surface area contributed by atoms with Crippen LogP contribution < -0.4 is 10.1 Å². The van der Waals surface area contributed by atoms with E-state index in [1.165, 1.54) is 24.0 Å². The lowest BCUT2D eigenvalue weighted by atomic mass is 10.1. The molecule has 0 radical (unpaired) electrons. The van der Waals surface area contributed by atoms with E-state index in [2.05, 4.69) is 35.6 Å². The van der Waals surface area contributed by atoms with Crippen molar-refractivity contribution in [2.45, 2.75) is 25.3 Å². The number of rotatable bonds is 5. The molecule has 1 N–H and O–H groups in total. The fraction of sp³-hybridized carbons (Fsp3) is 0.294. The molecule has 0 atom stereocenters. The maximum Gasteiger partial charge on any atom is 0.120 e. The highest BCUT2D eigenvalue weighted by Crippen LogP contribution is 2.40. The van der Waals surface area contributed by atoms with E-state index in [1.54, 1.807) is 7.11 Å². The number of hydrogen-bond acceptors (Lipinski definition) is 2. The van der Waals surface area contributed by atoms with Gasteiger partial charge in [-0.15, -0.1) is 0 Å². The Bertz CT molecular complexity index is 561. The zero-order valence-electron chi connectivity index (χ0n) is 11.2.